The summed E-state index contributed by atoms with van der Waals surface area (Å²) in [6, 6.07) is 8.16. The molecule has 8 nitrogen and oxygen atoms in total. The molecule has 2 aromatic carbocycles. The third-order valence-corrected chi connectivity index (χ3v) is 6.46. The standard InChI is InChI=1S/C26H20ClF2N7O/c1-14(25-30-7-2-8-31-25)37-22-10-18-21(9-17(22)15-11-34-36(12-15)16-3-4-16)32-13-33-26(18)35-20-6-5-19(28)23(27)24(20)29/h2,5-14,16H,3-4H2,1H3,(H,32,33,35)/t14-/m0/s1. The van der Waals surface area contributed by atoms with E-state index in [1.165, 1.54) is 12.4 Å². The summed E-state index contributed by atoms with van der Waals surface area (Å²) in [7, 11) is 0. The van der Waals surface area contributed by atoms with E-state index in [1.54, 1.807) is 30.7 Å². The van der Waals surface area contributed by atoms with Crippen LogP contribution in [-0.2, 0) is 0 Å². The molecule has 0 saturated heterocycles. The lowest BCUT2D eigenvalue weighted by molar-refractivity contribution is 0.217. The highest BCUT2D eigenvalue weighted by Crippen LogP contribution is 2.40. The highest BCUT2D eigenvalue weighted by Gasteiger charge is 2.25. The zero-order valence-electron chi connectivity index (χ0n) is 19.6. The Bertz CT molecular complexity index is 1610. The van der Waals surface area contributed by atoms with E-state index in [2.05, 4.69) is 30.4 Å². The topological polar surface area (TPSA) is 90.6 Å². The van der Waals surface area contributed by atoms with Crippen LogP contribution in [0.4, 0.5) is 20.3 Å². The van der Waals surface area contributed by atoms with Crippen molar-refractivity contribution in [2.45, 2.75) is 31.9 Å². The summed E-state index contributed by atoms with van der Waals surface area (Å²) < 4.78 is 36.6. The first kappa shape index (κ1) is 23.2. The number of nitrogens with zero attached hydrogens (tertiary/aromatic N) is 6. The van der Waals surface area contributed by atoms with E-state index in [-0.39, 0.29) is 5.69 Å². The maximum Gasteiger partial charge on any atom is 0.168 e. The minimum absolute atomic E-state index is 0.0188. The van der Waals surface area contributed by atoms with Gasteiger partial charge >= 0.3 is 0 Å². The molecule has 0 bridgehead atoms. The van der Waals surface area contributed by atoms with Gasteiger partial charge in [0.15, 0.2) is 17.7 Å². The smallest absolute Gasteiger partial charge is 0.168 e. The Labute approximate surface area is 215 Å². The predicted molar refractivity (Wildman–Crippen MR) is 135 cm³/mol. The van der Waals surface area contributed by atoms with Crippen molar-refractivity contribution in [3.63, 3.8) is 0 Å². The van der Waals surface area contributed by atoms with Gasteiger partial charge in [0.2, 0.25) is 0 Å². The van der Waals surface area contributed by atoms with E-state index in [1.807, 2.05) is 23.9 Å². The highest BCUT2D eigenvalue weighted by atomic mass is 35.5. The van der Waals surface area contributed by atoms with Crippen LogP contribution >= 0.6 is 11.6 Å². The molecule has 0 spiro atoms. The Morgan fingerprint density at radius 2 is 1.92 bits per heavy atom. The molecule has 5 aromatic rings. The molecule has 1 atom stereocenters. The van der Waals surface area contributed by atoms with E-state index < -0.39 is 22.8 Å². The van der Waals surface area contributed by atoms with Gasteiger partial charge in [0, 0.05) is 35.1 Å². The van der Waals surface area contributed by atoms with Gasteiger partial charge in [-0.2, -0.15) is 5.10 Å². The molecule has 6 rings (SSSR count). The Morgan fingerprint density at radius 3 is 2.70 bits per heavy atom. The van der Waals surface area contributed by atoms with Gasteiger partial charge in [0.25, 0.3) is 0 Å². The second-order valence-electron chi connectivity index (χ2n) is 8.74. The molecule has 0 aliphatic heterocycles. The van der Waals surface area contributed by atoms with E-state index in [4.69, 9.17) is 16.3 Å². The summed E-state index contributed by atoms with van der Waals surface area (Å²) in [4.78, 5) is 17.3. The highest BCUT2D eigenvalue weighted by molar-refractivity contribution is 6.31. The number of hydrogen-bond donors (Lipinski definition) is 1. The van der Waals surface area contributed by atoms with Gasteiger partial charge in [-0.05, 0) is 50.1 Å². The molecule has 0 amide bonds. The van der Waals surface area contributed by atoms with Crippen molar-refractivity contribution in [1.29, 1.82) is 0 Å². The number of nitrogens with one attached hydrogen (secondary N) is 1. The van der Waals surface area contributed by atoms with Crippen molar-refractivity contribution in [2.75, 3.05) is 5.32 Å². The maximum atomic E-state index is 14.6. The maximum absolute atomic E-state index is 14.6. The molecule has 37 heavy (non-hydrogen) atoms. The molecular formula is C26H20ClF2N7O. The zero-order chi connectivity index (χ0) is 25.5. The van der Waals surface area contributed by atoms with Crippen LogP contribution in [-0.4, -0.2) is 29.7 Å². The van der Waals surface area contributed by atoms with Crippen LogP contribution in [0, 0.1) is 11.6 Å². The van der Waals surface area contributed by atoms with Gasteiger partial charge < -0.3 is 10.1 Å². The first-order valence-corrected chi connectivity index (χ1v) is 12.0. The summed E-state index contributed by atoms with van der Waals surface area (Å²) in [6.07, 6.45) is 10.2. The molecule has 1 fully saturated rings. The number of hydrogen-bond acceptors (Lipinski definition) is 7. The largest absolute Gasteiger partial charge is 0.482 e. The lowest BCUT2D eigenvalue weighted by Crippen LogP contribution is -2.08. The van der Waals surface area contributed by atoms with Crippen LogP contribution in [0.5, 0.6) is 5.75 Å². The molecule has 1 N–H and O–H groups in total. The van der Waals surface area contributed by atoms with Gasteiger partial charge in [-0.15, -0.1) is 0 Å². The molecule has 186 valence electrons. The molecule has 3 heterocycles. The normalized spacial score (nSPS) is 14.1. The van der Waals surface area contributed by atoms with Crippen LogP contribution in [0.25, 0.3) is 22.0 Å². The van der Waals surface area contributed by atoms with Crippen LogP contribution in [0.2, 0.25) is 5.02 Å². The number of rotatable bonds is 7. The van der Waals surface area contributed by atoms with E-state index >= 15 is 0 Å². The average Bonchev–Trinajstić information content (AvgIpc) is 3.66. The number of halogens is 3. The number of anilines is 2. The fraction of sp³-hybridized carbons (Fsp3) is 0.192. The molecule has 0 radical (unpaired) electrons. The number of fused-ring (bicyclic) bond motifs is 1. The van der Waals surface area contributed by atoms with E-state index in [0.717, 1.165) is 30.0 Å². The Balaban J connectivity index is 1.45. The van der Waals surface area contributed by atoms with Crippen LogP contribution < -0.4 is 10.1 Å². The Morgan fingerprint density at radius 1 is 1.11 bits per heavy atom. The van der Waals surface area contributed by atoms with Gasteiger partial charge in [-0.3, -0.25) is 4.68 Å². The van der Waals surface area contributed by atoms with Gasteiger partial charge in [-0.25, -0.2) is 28.7 Å². The minimum atomic E-state index is -0.913. The summed E-state index contributed by atoms with van der Waals surface area (Å²) in [5, 5.41) is 7.39. The first-order chi connectivity index (χ1) is 18.0. The SMILES string of the molecule is C[C@H](Oc1cc2c(Nc3ccc(F)c(Cl)c3F)ncnc2cc1-c1cnn(C2CC2)c1)c1ncccn1. The molecule has 11 heteroatoms. The lowest BCUT2D eigenvalue weighted by atomic mass is 10.0. The molecular weight excluding hydrogens is 500 g/mol. The molecule has 3 aromatic heterocycles. The minimum Gasteiger partial charge on any atom is -0.482 e. The summed E-state index contributed by atoms with van der Waals surface area (Å²) in [6.45, 7) is 1.85. The Kier molecular flexibility index (Phi) is 5.88. The monoisotopic (exact) mass is 519 g/mol. The zero-order valence-corrected chi connectivity index (χ0v) is 20.3. The third kappa shape index (κ3) is 4.55. The Hall–Kier alpha value is -4.18. The second kappa shape index (κ2) is 9.36. The number of aromatic nitrogens is 6. The molecule has 1 aliphatic carbocycles. The van der Waals surface area contributed by atoms with E-state index in [0.29, 0.717) is 34.3 Å². The quantitative estimate of drug-likeness (QED) is 0.248. The summed E-state index contributed by atoms with van der Waals surface area (Å²) in [5.41, 5.74) is 2.23. The van der Waals surface area contributed by atoms with Crippen molar-refractivity contribution >= 4 is 34.0 Å². The second-order valence-corrected chi connectivity index (χ2v) is 9.12. The predicted octanol–water partition coefficient (Wildman–Crippen LogP) is 6.43. The van der Waals surface area contributed by atoms with Crippen LogP contribution in [0.1, 0.15) is 37.7 Å². The van der Waals surface area contributed by atoms with Crippen LogP contribution in [0.3, 0.4) is 0 Å². The number of ether oxygens (including phenoxy) is 1. The van der Waals surface area contributed by atoms with Crippen molar-refractivity contribution in [3.05, 3.63) is 83.9 Å². The molecule has 0 unspecified atom stereocenters. The van der Waals surface area contributed by atoms with Crippen molar-refractivity contribution < 1.29 is 13.5 Å². The first-order valence-electron chi connectivity index (χ1n) is 11.7. The van der Waals surface area contributed by atoms with Gasteiger partial charge in [0.1, 0.15) is 28.7 Å². The van der Waals surface area contributed by atoms with Crippen LogP contribution in [0.15, 0.2) is 61.4 Å². The molecule has 1 saturated carbocycles. The van der Waals surface area contributed by atoms with Gasteiger partial charge in [0.05, 0.1) is 23.4 Å². The average molecular weight is 520 g/mol. The van der Waals surface area contributed by atoms with Crippen molar-refractivity contribution in [1.82, 2.24) is 29.7 Å². The van der Waals surface area contributed by atoms with Gasteiger partial charge in [-0.1, -0.05) is 11.6 Å². The number of benzene rings is 2. The fourth-order valence-corrected chi connectivity index (χ4v) is 4.20. The lowest BCUT2D eigenvalue weighted by Gasteiger charge is -2.18. The summed E-state index contributed by atoms with van der Waals surface area (Å²) >= 11 is 5.76. The van der Waals surface area contributed by atoms with E-state index in [9.17, 15) is 8.78 Å². The summed E-state index contributed by atoms with van der Waals surface area (Å²) in [5.74, 6) is -0.406. The third-order valence-electron chi connectivity index (χ3n) is 6.11. The van der Waals surface area contributed by atoms with Crippen molar-refractivity contribution in [2.24, 2.45) is 0 Å². The van der Waals surface area contributed by atoms with Crippen molar-refractivity contribution in [3.8, 4) is 16.9 Å². The fourth-order valence-electron chi connectivity index (χ4n) is 4.04. The molecule has 1 aliphatic rings.